The van der Waals surface area contributed by atoms with Gasteiger partial charge in [0.15, 0.2) is 0 Å². The van der Waals surface area contributed by atoms with Crippen molar-refractivity contribution in [2.24, 2.45) is 5.92 Å². The molecule has 1 aromatic carbocycles. The Labute approximate surface area is 114 Å². The lowest BCUT2D eigenvalue weighted by molar-refractivity contribution is 0.271. The third-order valence-corrected chi connectivity index (χ3v) is 2.64. The van der Waals surface area contributed by atoms with Crippen LogP contribution in [0.5, 0.6) is 5.75 Å². The number of rotatable bonds is 6. The molecule has 0 aliphatic carbocycles. The van der Waals surface area contributed by atoms with E-state index in [1.54, 1.807) is 6.20 Å². The van der Waals surface area contributed by atoms with Crippen molar-refractivity contribution in [2.45, 2.75) is 20.4 Å². The Bertz CT molecular complexity index is 480. The molecule has 3 nitrogen and oxygen atoms in total. The van der Waals surface area contributed by atoms with Gasteiger partial charge in [0, 0.05) is 11.9 Å². The first kappa shape index (κ1) is 13.4. The third kappa shape index (κ3) is 4.62. The zero-order chi connectivity index (χ0) is 13.5. The van der Waals surface area contributed by atoms with E-state index in [0.717, 1.165) is 30.3 Å². The molecule has 1 aromatic heterocycles. The van der Waals surface area contributed by atoms with Gasteiger partial charge in [0.05, 0.1) is 18.8 Å². The van der Waals surface area contributed by atoms with Gasteiger partial charge >= 0.3 is 0 Å². The van der Waals surface area contributed by atoms with Crippen LogP contribution in [0.4, 0.5) is 5.69 Å². The number of ether oxygens (including phenoxy) is 1. The lowest BCUT2D eigenvalue weighted by atomic mass is 10.2. The maximum Gasteiger partial charge on any atom is 0.119 e. The van der Waals surface area contributed by atoms with Crippen LogP contribution in [0, 0.1) is 5.92 Å². The summed E-state index contributed by atoms with van der Waals surface area (Å²) in [7, 11) is 0. The van der Waals surface area contributed by atoms with E-state index in [4.69, 9.17) is 4.74 Å². The van der Waals surface area contributed by atoms with Crippen LogP contribution in [0.2, 0.25) is 0 Å². The number of benzene rings is 1. The van der Waals surface area contributed by atoms with Crippen LogP contribution in [-0.2, 0) is 6.54 Å². The van der Waals surface area contributed by atoms with E-state index >= 15 is 0 Å². The first-order chi connectivity index (χ1) is 9.24. The first-order valence-corrected chi connectivity index (χ1v) is 6.60. The summed E-state index contributed by atoms with van der Waals surface area (Å²) in [6, 6.07) is 14.0. The average molecular weight is 256 g/mol. The molecule has 0 spiro atoms. The minimum absolute atomic E-state index is 0.543. The molecule has 100 valence electrons. The normalized spacial score (nSPS) is 10.5. The number of anilines is 1. The van der Waals surface area contributed by atoms with E-state index < -0.39 is 0 Å². The predicted octanol–water partition coefficient (Wildman–Crippen LogP) is 3.73. The number of hydrogen-bond donors (Lipinski definition) is 1. The molecule has 0 bridgehead atoms. The molecule has 0 fully saturated rings. The SMILES string of the molecule is CC(C)COc1ccc(NCc2ccccn2)cc1. The van der Waals surface area contributed by atoms with E-state index in [-0.39, 0.29) is 0 Å². The van der Waals surface area contributed by atoms with Crippen LogP contribution in [0.15, 0.2) is 48.7 Å². The van der Waals surface area contributed by atoms with E-state index in [0.29, 0.717) is 5.92 Å². The highest BCUT2D eigenvalue weighted by Crippen LogP contribution is 2.16. The molecular weight excluding hydrogens is 236 g/mol. The van der Waals surface area contributed by atoms with Gasteiger partial charge in [0.1, 0.15) is 5.75 Å². The highest BCUT2D eigenvalue weighted by atomic mass is 16.5. The van der Waals surface area contributed by atoms with Crippen molar-refractivity contribution in [1.82, 2.24) is 4.98 Å². The Kier molecular flexibility index (Phi) is 4.78. The number of aromatic nitrogens is 1. The van der Waals surface area contributed by atoms with E-state index in [1.807, 2.05) is 42.5 Å². The summed E-state index contributed by atoms with van der Waals surface area (Å²) >= 11 is 0. The van der Waals surface area contributed by atoms with Crippen molar-refractivity contribution in [1.29, 1.82) is 0 Å². The standard InChI is InChI=1S/C16H20N2O/c1-13(2)12-19-16-8-6-14(7-9-16)18-11-15-5-3-4-10-17-15/h3-10,13,18H,11-12H2,1-2H3. The number of nitrogens with one attached hydrogen (secondary N) is 1. The van der Waals surface area contributed by atoms with Crippen LogP contribution in [0.3, 0.4) is 0 Å². The molecule has 0 saturated carbocycles. The van der Waals surface area contributed by atoms with E-state index in [1.165, 1.54) is 0 Å². The van der Waals surface area contributed by atoms with Gasteiger partial charge in [-0.15, -0.1) is 0 Å². The van der Waals surface area contributed by atoms with Gasteiger partial charge in [-0.25, -0.2) is 0 Å². The van der Waals surface area contributed by atoms with Crippen LogP contribution < -0.4 is 10.1 Å². The molecular formula is C16H20N2O. The van der Waals surface area contributed by atoms with Crippen LogP contribution in [0.25, 0.3) is 0 Å². The third-order valence-electron chi connectivity index (χ3n) is 2.64. The molecule has 19 heavy (non-hydrogen) atoms. The summed E-state index contributed by atoms with van der Waals surface area (Å²) in [5.74, 6) is 1.46. The van der Waals surface area contributed by atoms with Crippen LogP contribution >= 0.6 is 0 Å². The zero-order valence-electron chi connectivity index (χ0n) is 11.5. The highest BCUT2D eigenvalue weighted by Gasteiger charge is 1.98. The van der Waals surface area contributed by atoms with Gasteiger partial charge in [-0.2, -0.15) is 0 Å². The molecule has 0 aliphatic heterocycles. The Hall–Kier alpha value is -2.03. The Morgan fingerprint density at radius 1 is 1.11 bits per heavy atom. The fraction of sp³-hybridized carbons (Fsp3) is 0.312. The largest absolute Gasteiger partial charge is 0.493 e. The predicted molar refractivity (Wildman–Crippen MR) is 78.3 cm³/mol. The van der Waals surface area contributed by atoms with Gasteiger partial charge in [-0.05, 0) is 42.3 Å². The molecule has 0 atom stereocenters. The average Bonchev–Trinajstić information content (AvgIpc) is 2.45. The summed E-state index contributed by atoms with van der Waals surface area (Å²) in [5, 5.41) is 3.33. The topological polar surface area (TPSA) is 34.1 Å². The Balaban J connectivity index is 1.85. The molecule has 1 heterocycles. The zero-order valence-corrected chi connectivity index (χ0v) is 11.5. The Morgan fingerprint density at radius 3 is 2.53 bits per heavy atom. The quantitative estimate of drug-likeness (QED) is 0.855. The summed E-state index contributed by atoms with van der Waals surface area (Å²) in [6.45, 7) is 5.76. The van der Waals surface area contributed by atoms with Crippen molar-refractivity contribution < 1.29 is 4.74 Å². The summed E-state index contributed by atoms with van der Waals surface area (Å²) in [6.07, 6.45) is 1.81. The number of pyridine rings is 1. The first-order valence-electron chi connectivity index (χ1n) is 6.60. The van der Waals surface area contributed by atoms with E-state index in [9.17, 15) is 0 Å². The lowest BCUT2D eigenvalue weighted by Gasteiger charge is -2.10. The molecule has 2 rings (SSSR count). The van der Waals surface area contributed by atoms with Crippen molar-refractivity contribution in [3.8, 4) is 5.75 Å². The maximum absolute atomic E-state index is 5.65. The van der Waals surface area contributed by atoms with Gasteiger partial charge in [-0.3, -0.25) is 4.98 Å². The smallest absolute Gasteiger partial charge is 0.119 e. The summed E-state index contributed by atoms with van der Waals surface area (Å²) in [4.78, 5) is 4.27. The molecule has 3 heteroatoms. The summed E-state index contributed by atoms with van der Waals surface area (Å²) < 4.78 is 5.65. The number of hydrogen-bond acceptors (Lipinski definition) is 3. The fourth-order valence-corrected chi connectivity index (χ4v) is 1.63. The molecule has 2 aromatic rings. The van der Waals surface area contributed by atoms with Crippen LogP contribution in [-0.4, -0.2) is 11.6 Å². The fourth-order valence-electron chi connectivity index (χ4n) is 1.63. The number of nitrogens with zero attached hydrogens (tertiary/aromatic N) is 1. The lowest BCUT2D eigenvalue weighted by Crippen LogP contribution is -2.04. The molecule has 0 amide bonds. The van der Waals surface area contributed by atoms with Crippen molar-refractivity contribution in [3.05, 3.63) is 54.4 Å². The van der Waals surface area contributed by atoms with Gasteiger partial charge in [0.25, 0.3) is 0 Å². The second-order valence-corrected chi connectivity index (χ2v) is 4.90. The van der Waals surface area contributed by atoms with Gasteiger partial charge in [0.2, 0.25) is 0 Å². The minimum Gasteiger partial charge on any atom is -0.493 e. The minimum atomic E-state index is 0.543. The van der Waals surface area contributed by atoms with Gasteiger partial charge < -0.3 is 10.1 Å². The second-order valence-electron chi connectivity index (χ2n) is 4.90. The van der Waals surface area contributed by atoms with Crippen molar-refractivity contribution in [3.63, 3.8) is 0 Å². The van der Waals surface area contributed by atoms with Gasteiger partial charge in [-0.1, -0.05) is 19.9 Å². The van der Waals surface area contributed by atoms with Crippen LogP contribution in [0.1, 0.15) is 19.5 Å². The second kappa shape index (κ2) is 6.78. The summed E-state index contributed by atoms with van der Waals surface area (Å²) in [5.41, 5.74) is 2.10. The molecule has 1 N–H and O–H groups in total. The van der Waals surface area contributed by atoms with Crippen molar-refractivity contribution in [2.75, 3.05) is 11.9 Å². The highest BCUT2D eigenvalue weighted by molar-refractivity contribution is 5.46. The molecule has 0 aliphatic rings. The molecule has 0 unspecified atom stereocenters. The van der Waals surface area contributed by atoms with Crippen molar-refractivity contribution >= 4 is 5.69 Å². The van der Waals surface area contributed by atoms with E-state index in [2.05, 4.69) is 24.1 Å². The Morgan fingerprint density at radius 2 is 1.89 bits per heavy atom. The molecule has 0 saturated heterocycles. The maximum atomic E-state index is 5.65. The monoisotopic (exact) mass is 256 g/mol. The molecule has 0 radical (unpaired) electrons.